The minimum atomic E-state index is -0.402. The standard InChI is InChI=1S/C24H22Cl2O4S/c1-16-11-21(8-10-23(16)30-14-24(27)28-2)31-15-17-3-6-20(7-4-17)29-13-18-12-19(25)5-9-22(18)26/h3-12H,13-15H2,1-2H3. The van der Waals surface area contributed by atoms with Crippen molar-refractivity contribution in [1.29, 1.82) is 0 Å². The summed E-state index contributed by atoms with van der Waals surface area (Å²) in [6.45, 7) is 2.22. The van der Waals surface area contributed by atoms with Gasteiger partial charge in [0.2, 0.25) is 0 Å². The topological polar surface area (TPSA) is 44.8 Å². The molecule has 0 aliphatic carbocycles. The smallest absolute Gasteiger partial charge is 0.343 e. The van der Waals surface area contributed by atoms with Crippen LogP contribution in [0.25, 0.3) is 0 Å². The zero-order chi connectivity index (χ0) is 22.2. The summed E-state index contributed by atoms with van der Waals surface area (Å²) >= 11 is 13.9. The molecule has 0 atom stereocenters. The van der Waals surface area contributed by atoms with Crippen LogP contribution in [0.2, 0.25) is 10.0 Å². The number of ether oxygens (including phenoxy) is 3. The summed E-state index contributed by atoms with van der Waals surface area (Å²) in [6.07, 6.45) is 0. The number of aryl methyl sites for hydroxylation is 1. The number of thioether (sulfide) groups is 1. The molecule has 0 aliphatic heterocycles. The molecule has 0 saturated carbocycles. The highest BCUT2D eigenvalue weighted by Crippen LogP contribution is 2.29. The van der Waals surface area contributed by atoms with Crippen molar-refractivity contribution in [1.82, 2.24) is 0 Å². The van der Waals surface area contributed by atoms with Gasteiger partial charge in [-0.15, -0.1) is 11.8 Å². The van der Waals surface area contributed by atoms with Crippen molar-refractivity contribution in [2.75, 3.05) is 13.7 Å². The molecule has 0 spiro atoms. The summed E-state index contributed by atoms with van der Waals surface area (Å²) in [4.78, 5) is 12.3. The number of benzene rings is 3. The second-order valence-corrected chi connectivity index (χ2v) is 8.64. The van der Waals surface area contributed by atoms with E-state index in [-0.39, 0.29) is 6.61 Å². The van der Waals surface area contributed by atoms with Crippen molar-refractivity contribution >= 4 is 40.9 Å². The van der Waals surface area contributed by atoms with Crippen LogP contribution in [-0.4, -0.2) is 19.7 Å². The van der Waals surface area contributed by atoms with Crippen molar-refractivity contribution in [3.8, 4) is 11.5 Å². The predicted octanol–water partition coefficient (Wildman–Crippen LogP) is 6.72. The Morgan fingerprint density at radius 2 is 1.74 bits per heavy atom. The molecule has 7 heteroatoms. The molecule has 31 heavy (non-hydrogen) atoms. The van der Waals surface area contributed by atoms with Gasteiger partial charge in [0.05, 0.1) is 7.11 Å². The van der Waals surface area contributed by atoms with Gasteiger partial charge in [-0.3, -0.25) is 0 Å². The average Bonchev–Trinajstić information content (AvgIpc) is 2.78. The molecule has 3 rings (SSSR count). The van der Waals surface area contributed by atoms with Gasteiger partial charge in [-0.2, -0.15) is 0 Å². The lowest BCUT2D eigenvalue weighted by Crippen LogP contribution is -2.12. The summed E-state index contributed by atoms with van der Waals surface area (Å²) in [5.74, 6) is 1.87. The van der Waals surface area contributed by atoms with Crippen molar-refractivity contribution in [2.45, 2.75) is 24.2 Å². The monoisotopic (exact) mass is 476 g/mol. The number of carbonyl (C=O) groups is 1. The molecule has 0 unspecified atom stereocenters. The summed E-state index contributed by atoms with van der Waals surface area (Å²) in [6, 6.07) is 19.2. The fourth-order valence-electron chi connectivity index (χ4n) is 2.73. The predicted molar refractivity (Wildman–Crippen MR) is 125 cm³/mol. The van der Waals surface area contributed by atoms with Gasteiger partial charge in [0.25, 0.3) is 0 Å². The fraction of sp³-hybridized carbons (Fsp3) is 0.208. The molecule has 162 valence electrons. The summed E-state index contributed by atoms with van der Waals surface area (Å²) in [5, 5.41) is 1.27. The molecule has 4 nitrogen and oxygen atoms in total. The van der Waals surface area contributed by atoms with E-state index in [1.165, 1.54) is 12.7 Å². The third-order valence-corrected chi connectivity index (χ3v) is 6.12. The zero-order valence-corrected chi connectivity index (χ0v) is 19.5. The largest absolute Gasteiger partial charge is 0.489 e. The minimum Gasteiger partial charge on any atom is -0.489 e. The quantitative estimate of drug-likeness (QED) is 0.253. The van der Waals surface area contributed by atoms with Crippen LogP contribution in [0, 0.1) is 6.92 Å². The van der Waals surface area contributed by atoms with Gasteiger partial charge in [-0.05, 0) is 66.6 Å². The fourth-order valence-corrected chi connectivity index (χ4v) is 4.05. The Bertz CT molecular complexity index is 1040. The number of rotatable bonds is 9. The Balaban J connectivity index is 1.51. The van der Waals surface area contributed by atoms with E-state index in [1.807, 2.05) is 55.5 Å². The van der Waals surface area contributed by atoms with Gasteiger partial charge in [0.15, 0.2) is 6.61 Å². The Labute approximate surface area is 196 Å². The molecular weight excluding hydrogens is 455 g/mol. The van der Waals surface area contributed by atoms with E-state index in [4.69, 9.17) is 32.7 Å². The molecule has 0 N–H and O–H groups in total. The highest BCUT2D eigenvalue weighted by molar-refractivity contribution is 7.98. The third kappa shape index (κ3) is 7.10. The first-order valence-electron chi connectivity index (χ1n) is 9.53. The second kappa shape index (κ2) is 11.3. The molecular formula is C24H22Cl2O4S. The zero-order valence-electron chi connectivity index (χ0n) is 17.2. The van der Waals surface area contributed by atoms with Gasteiger partial charge in [-0.1, -0.05) is 35.3 Å². The van der Waals surface area contributed by atoms with Crippen molar-refractivity contribution in [2.24, 2.45) is 0 Å². The SMILES string of the molecule is COC(=O)COc1ccc(SCc2ccc(OCc3cc(Cl)ccc3Cl)cc2)cc1C. The summed E-state index contributed by atoms with van der Waals surface area (Å²) in [7, 11) is 1.34. The Kier molecular flexibility index (Phi) is 8.52. The van der Waals surface area contributed by atoms with E-state index in [2.05, 4.69) is 4.74 Å². The molecule has 3 aromatic carbocycles. The lowest BCUT2D eigenvalue weighted by Gasteiger charge is -2.10. The highest BCUT2D eigenvalue weighted by Gasteiger charge is 2.07. The normalized spacial score (nSPS) is 10.6. The van der Waals surface area contributed by atoms with Crippen LogP contribution in [0.5, 0.6) is 11.5 Å². The maximum Gasteiger partial charge on any atom is 0.343 e. The highest BCUT2D eigenvalue weighted by atomic mass is 35.5. The van der Waals surface area contributed by atoms with Gasteiger partial charge >= 0.3 is 5.97 Å². The van der Waals surface area contributed by atoms with Crippen LogP contribution in [0.1, 0.15) is 16.7 Å². The van der Waals surface area contributed by atoms with E-state index in [9.17, 15) is 4.79 Å². The van der Waals surface area contributed by atoms with Crippen LogP contribution < -0.4 is 9.47 Å². The molecule has 0 saturated heterocycles. The molecule has 0 fully saturated rings. The maximum atomic E-state index is 11.2. The first-order chi connectivity index (χ1) is 14.9. The molecule has 0 aliphatic rings. The molecule has 0 bridgehead atoms. The minimum absolute atomic E-state index is 0.0955. The van der Waals surface area contributed by atoms with Gasteiger partial charge in [0, 0.05) is 26.3 Å². The van der Waals surface area contributed by atoms with E-state index in [1.54, 1.807) is 23.9 Å². The van der Waals surface area contributed by atoms with Crippen LogP contribution in [0.4, 0.5) is 0 Å². The molecule has 0 aromatic heterocycles. The van der Waals surface area contributed by atoms with Gasteiger partial charge in [-0.25, -0.2) is 4.79 Å². The Morgan fingerprint density at radius 1 is 0.968 bits per heavy atom. The third-order valence-electron chi connectivity index (χ3n) is 4.45. The van der Waals surface area contributed by atoms with Crippen molar-refractivity contribution < 1.29 is 19.0 Å². The molecule has 0 heterocycles. The van der Waals surface area contributed by atoms with Crippen LogP contribution >= 0.6 is 35.0 Å². The van der Waals surface area contributed by atoms with Crippen LogP contribution in [0.15, 0.2) is 65.6 Å². The van der Waals surface area contributed by atoms with Crippen molar-refractivity contribution in [3.05, 3.63) is 87.4 Å². The number of hydrogen-bond acceptors (Lipinski definition) is 5. The van der Waals surface area contributed by atoms with E-state index in [0.29, 0.717) is 22.4 Å². The van der Waals surface area contributed by atoms with Crippen LogP contribution in [-0.2, 0) is 21.9 Å². The number of halogens is 2. The lowest BCUT2D eigenvalue weighted by molar-refractivity contribution is -0.142. The second-order valence-electron chi connectivity index (χ2n) is 6.75. The van der Waals surface area contributed by atoms with E-state index >= 15 is 0 Å². The molecule has 0 amide bonds. The van der Waals surface area contributed by atoms with E-state index in [0.717, 1.165) is 27.5 Å². The van der Waals surface area contributed by atoms with Crippen LogP contribution in [0.3, 0.4) is 0 Å². The lowest BCUT2D eigenvalue weighted by atomic mass is 10.2. The average molecular weight is 477 g/mol. The van der Waals surface area contributed by atoms with Crippen molar-refractivity contribution in [3.63, 3.8) is 0 Å². The van der Waals surface area contributed by atoms with Gasteiger partial charge in [0.1, 0.15) is 18.1 Å². The van der Waals surface area contributed by atoms with Gasteiger partial charge < -0.3 is 14.2 Å². The first-order valence-corrected chi connectivity index (χ1v) is 11.3. The summed E-state index contributed by atoms with van der Waals surface area (Å²) in [5.41, 5.74) is 3.00. The number of methoxy groups -OCH3 is 1. The maximum absolute atomic E-state index is 11.2. The molecule has 0 radical (unpaired) electrons. The molecule has 3 aromatic rings. The number of hydrogen-bond donors (Lipinski definition) is 0. The number of esters is 1. The Hall–Kier alpha value is -2.34. The first kappa shape index (κ1) is 23.3. The number of carbonyl (C=O) groups excluding carboxylic acids is 1. The Morgan fingerprint density at radius 3 is 2.45 bits per heavy atom. The summed E-state index contributed by atoms with van der Waals surface area (Å²) < 4.78 is 15.9. The van der Waals surface area contributed by atoms with E-state index < -0.39 is 5.97 Å².